The van der Waals surface area contributed by atoms with Crippen LogP contribution < -0.4 is 20.3 Å². The Morgan fingerprint density at radius 1 is 1.05 bits per heavy atom. The van der Waals surface area contributed by atoms with E-state index in [4.69, 9.17) is 9.47 Å². The number of nitrogens with zero attached hydrogens (tertiary/aromatic N) is 3. The number of anilines is 1. The Morgan fingerprint density at radius 2 is 1.80 bits per heavy atom. The minimum atomic E-state index is -0.843. The number of halogens is 2. The molecule has 3 aromatic carbocycles. The molecular formula is C30H26F2N4O5. The summed E-state index contributed by atoms with van der Waals surface area (Å²) in [5.41, 5.74) is 0.423. The lowest BCUT2D eigenvalue weighted by Gasteiger charge is -2.15. The molecule has 9 nitrogen and oxygen atoms in total. The summed E-state index contributed by atoms with van der Waals surface area (Å²) in [7, 11) is 1.55. The molecule has 41 heavy (non-hydrogen) atoms. The molecule has 1 unspecified atom stereocenters. The van der Waals surface area contributed by atoms with Crippen LogP contribution in [-0.4, -0.2) is 38.6 Å². The van der Waals surface area contributed by atoms with Crippen molar-refractivity contribution >= 4 is 22.5 Å². The molecule has 0 aliphatic rings. The standard InChI is InChI=1S/C30H26F2N4O5/c1-17(37)16-35-18(2)28(30(39)36(35)21-7-4-19(31)5-8-21)29(38)34-20-6-11-27(24(32)14-20)41-26-12-13-33-25-15-22(40-3)9-10-23(25)26/h4-15,17,37H,16H2,1-3H3,(H,34,38). The number of hydrogen-bond acceptors (Lipinski definition) is 6. The predicted octanol–water partition coefficient (Wildman–Crippen LogP) is 5.21. The minimum Gasteiger partial charge on any atom is -0.497 e. The van der Waals surface area contributed by atoms with E-state index in [0.29, 0.717) is 28.1 Å². The summed E-state index contributed by atoms with van der Waals surface area (Å²) >= 11 is 0. The van der Waals surface area contributed by atoms with Crippen LogP contribution in [0.5, 0.6) is 17.2 Å². The second-order valence-electron chi connectivity index (χ2n) is 9.38. The SMILES string of the molecule is COc1ccc2c(Oc3ccc(NC(=O)c4c(C)n(CC(C)O)n(-c5ccc(F)cc5)c4=O)cc3F)ccnc2c1. The van der Waals surface area contributed by atoms with Gasteiger partial charge < -0.3 is 19.9 Å². The molecule has 2 heterocycles. The number of aromatic nitrogens is 3. The number of ether oxygens (including phenoxy) is 2. The zero-order chi connectivity index (χ0) is 29.3. The first-order chi connectivity index (χ1) is 19.7. The van der Waals surface area contributed by atoms with E-state index in [1.807, 2.05) is 0 Å². The van der Waals surface area contributed by atoms with Gasteiger partial charge in [0.25, 0.3) is 11.5 Å². The number of amides is 1. The highest BCUT2D eigenvalue weighted by molar-refractivity contribution is 6.05. The number of benzene rings is 3. The highest BCUT2D eigenvalue weighted by atomic mass is 19.1. The number of nitrogens with one attached hydrogen (secondary N) is 1. The summed E-state index contributed by atoms with van der Waals surface area (Å²) in [5.74, 6) is -1.08. The topological polar surface area (TPSA) is 108 Å². The molecule has 0 bridgehead atoms. The molecule has 210 valence electrons. The number of pyridine rings is 1. The van der Waals surface area contributed by atoms with Gasteiger partial charge >= 0.3 is 0 Å². The number of carbonyl (C=O) groups excluding carboxylic acids is 1. The number of carbonyl (C=O) groups is 1. The van der Waals surface area contributed by atoms with E-state index in [1.165, 1.54) is 58.9 Å². The van der Waals surface area contributed by atoms with Crippen LogP contribution in [0.2, 0.25) is 0 Å². The summed E-state index contributed by atoms with van der Waals surface area (Å²) in [5, 5.41) is 13.2. The van der Waals surface area contributed by atoms with Crippen molar-refractivity contribution in [3.63, 3.8) is 0 Å². The van der Waals surface area contributed by atoms with Gasteiger partial charge in [0.15, 0.2) is 11.6 Å². The van der Waals surface area contributed by atoms with E-state index in [-0.39, 0.29) is 29.2 Å². The van der Waals surface area contributed by atoms with Crippen LogP contribution in [0.4, 0.5) is 14.5 Å². The molecule has 2 aromatic heterocycles. The monoisotopic (exact) mass is 560 g/mol. The highest BCUT2D eigenvalue weighted by Crippen LogP contribution is 2.33. The zero-order valence-electron chi connectivity index (χ0n) is 22.4. The smallest absolute Gasteiger partial charge is 0.284 e. The number of aliphatic hydroxyl groups excluding tert-OH is 1. The fraction of sp³-hybridized carbons (Fsp3) is 0.167. The molecule has 0 aliphatic carbocycles. The molecule has 0 saturated heterocycles. The molecule has 0 spiro atoms. The number of fused-ring (bicyclic) bond motifs is 1. The molecule has 0 saturated carbocycles. The predicted molar refractivity (Wildman–Crippen MR) is 149 cm³/mol. The van der Waals surface area contributed by atoms with Crippen molar-refractivity contribution in [1.29, 1.82) is 0 Å². The molecule has 5 aromatic rings. The third-order valence-electron chi connectivity index (χ3n) is 6.45. The molecule has 0 fully saturated rings. The molecule has 0 radical (unpaired) electrons. The first-order valence-electron chi connectivity index (χ1n) is 12.6. The molecule has 1 amide bonds. The van der Waals surface area contributed by atoms with Gasteiger partial charge in [-0.15, -0.1) is 0 Å². The zero-order valence-corrected chi connectivity index (χ0v) is 22.4. The van der Waals surface area contributed by atoms with Crippen LogP contribution in [0.25, 0.3) is 16.6 Å². The first-order valence-corrected chi connectivity index (χ1v) is 12.6. The van der Waals surface area contributed by atoms with E-state index in [0.717, 1.165) is 6.07 Å². The Labute approximate surface area is 233 Å². The minimum absolute atomic E-state index is 0.00284. The van der Waals surface area contributed by atoms with Crippen molar-refractivity contribution in [3.8, 4) is 22.9 Å². The summed E-state index contributed by atoms with van der Waals surface area (Å²) in [6.07, 6.45) is 0.693. The average Bonchev–Trinajstić information content (AvgIpc) is 3.18. The Morgan fingerprint density at radius 3 is 2.49 bits per heavy atom. The lowest BCUT2D eigenvalue weighted by molar-refractivity contribution is 0.102. The molecular weight excluding hydrogens is 534 g/mol. The normalized spacial score (nSPS) is 11.9. The fourth-order valence-electron chi connectivity index (χ4n) is 4.51. The van der Waals surface area contributed by atoms with Gasteiger partial charge in [-0.3, -0.25) is 19.3 Å². The Balaban J connectivity index is 1.42. The van der Waals surface area contributed by atoms with Crippen molar-refractivity contribution < 1.29 is 28.2 Å². The molecule has 11 heteroatoms. The van der Waals surface area contributed by atoms with Gasteiger partial charge in [-0.25, -0.2) is 13.5 Å². The largest absolute Gasteiger partial charge is 0.497 e. The van der Waals surface area contributed by atoms with Crippen LogP contribution in [-0.2, 0) is 6.54 Å². The van der Waals surface area contributed by atoms with Crippen LogP contribution in [0.15, 0.2) is 77.7 Å². The van der Waals surface area contributed by atoms with Crippen molar-refractivity contribution in [2.75, 3.05) is 12.4 Å². The maximum absolute atomic E-state index is 15.1. The summed E-state index contributed by atoms with van der Waals surface area (Å²) in [6.45, 7) is 3.10. The second-order valence-corrected chi connectivity index (χ2v) is 9.38. The lowest BCUT2D eigenvalue weighted by Crippen LogP contribution is -2.27. The molecule has 0 aliphatic heterocycles. The Kier molecular flexibility index (Phi) is 7.54. The third-order valence-corrected chi connectivity index (χ3v) is 6.45. The van der Waals surface area contributed by atoms with Crippen molar-refractivity contribution in [3.05, 3.63) is 106 Å². The fourth-order valence-corrected chi connectivity index (χ4v) is 4.51. The Bertz CT molecular complexity index is 1810. The number of hydrogen-bond donors (Lipinski definition) is 2. The number of aliphatic hydroxyl groups is 1. The van der Waals surface area contributed by atoms with Crippen LogP contribution in [0, 0.1) is 18.6 Å². The van der Waals surface area contributed by atoms with E-state index >= 15 is 4.39 Å². The maximum Gasteiger partial charge on any atom is 0.284 e. The van der Waals surface area contributed by atoms with E-state index in [2.05, 4.69) is 10.3 Å². The van der Waals surface area contributed by atoms with Crippen molar-refractivity contribution in [1.82, 2.24) is 14.3 Å². The maximum atomic E-state index is 15.1. The second kappa shape index (κ2) is 11.2. The average molecular weight is 561 g/mol. The molecule has 2 N–H and O–H groups in total. The van der Waals surface area contributed by atoms with Gasteiger partial charge in [0.1, 0.15) is 22.9 Å². The summed E-state index contributed by atoms with van der Waals surface area (Å²) in [4.78, 5) is 30.9. The first kappa shape index (κ1) is 27.5. The van der Waals surface area contributed by atoms with Crippen LogP contribution >= 0.6 is 0 Å². The lowest BCUT2D eigenvalue weighted by atomic mass is 10.2. The van der Waals surface area contributed by atoms with Crippen LogP contribution in [0.3, 0.4) is 0 Å². The Hall–Kier alpha value is -5.03. The molecule has 5 rings (SSSR count). The molecule has 1 atom stereocenters. The van der Waals surface area contributed by atoms with E-state index < -0.39 is 29.2 Å². The van der Waals surface area contributed by atoms with Gasteiger partial charge in [-0.05, 0) is 68.4 Å². The van der Waals surface area contributed by atoms with Crippen molar-refractivity contribution in [2.24, 2.45) is 0 Å². The van der Waals surface area contributed by atoms with E-state index in [1.54, 1.807) is 38.3 Å². The van der Waals surface area contributed by atoms with Crippen LogP contribution in [0.1, 0.15) is 23.0 Å². The number of rotatable bonds is 8. The van der Waals surface area contributed by atoms with Gasteiger partial charge in [-0.2, -0.15) is 0 Å². The van der Waals surface area contributed by atoms with Gasteiger partial charge in [-0.1, -0.05) is 0 Å². The number of methoxy groups -OCH3 is 1. The van der Waals surface area contributed by atoms with Gasteiger partial charge in [0, 0.05) is 29.4 Å². The quantitative estimate of drug-likeness (QED) is 0.270. The van der Waals surface area contributed by atoms with Gasteiger partial charge in [0.2, 0.25) is 0 Å². The highest BCUT2D eigenvalue weighted by Gasteiger charge is 2.25. The summed E-state index contributed by atoms with van der Waals surface area (Å²) < 4.78 is 42.3. The van der Waals surface area contributed by atoms with E-state index in [9.17, 15) is 19.1 Å². The summed E-state index contributed by atoms with van der Waals surface area (Å²) in [6, 6.07) is 15.9. The third kappa shape index (κ3) is 5.52. The van der Waals surface area contributed by atoms with Gasteiger partial charge in [0.05, 0.1) is 36.7 Å². The van der Waals surface area contributed by atoms with Crippen molar-refractivity contribution in [2.45, 2.75) is 26.5 Å².